The number of carboxylic acids is 1. The van der Waals surface area contributed by atoms with Gasteiger partial charge in [0.2, 0.25) is 0 Å². The number of carboxylic acid groups (broad SMARTS) is 1. The molecule has 0 saturated carbocycles. The lowest BCUT2D eigenvalue weighted by Gasteiger charge is -2.04. The van der Waals surface area contributed by atoms with Crippen LogP contribution in [0.5, 0.6) is 0 Å². The second-order valence-corrected chi connectivity index (χ2v) is 4.74. The number of carbonyl (C=O) groups is 1. The molecule has 0 aliphatic carbocycles. The molecule has 1 N–H and O–H groups in total. The normalized spacial score (nSPS) is 10.3. The molecule has 0 unspecified atom stereocenters. The van der Waals surface area contributed by atoms with E-state index in [1.807, 2.05) is 19.1 Å². The number of aromatic nitrogens is 2. The first-order valence-electron chi connectivity index (χ1n) is 5.39. The minimum atomic E-state index is -0.937. The van der Waals surface area contributed by atoms with Gasteiger partial charge in [-0.1, -0.05) is 6.07 Å². The number of aromatic carboxylic acids is 1. The third-order valence-electron chi connectivity index (χ3n) is 2.46. The summed E-state index contributed by atoms with van der Waals surface area (Å²) < 4.78 is 0. The average molecular weight is 260 g/mol. The van der Waals surface area contributed by atoms with Gasteiger partial charge in [-0.3, -0.25) is 4.98 Å². The maximum atomic E-state index is 10.8. The number of thioether (sulfide) groups is 1. The first kappa shape index (κ1) is 12.6. The molecule has 18 heavy (non-hydrogen) atoms. The zero-order chi connectivity index (χ0) is 13.0. The summed E-state index contributed by atoms with van der Waals surface area (Å²) in [6, 6.07) is 6.96. The minimum Gasteiger partial charge on any atom is -0.478 e. The Morgan fingerprint density at radius 1 is 1.33 bits per heavy atom. The van der Waals surface area contributed by atoms with Crippen LogP contribution >= 0.6 is 11.8 Å². The van der Waals surface area contributed by atoms with Crippen LogP contribution in [0.1, 0.15) is 21.6 Å². The fourth-order valence-corrected chi connectivity index (χ4v) is 2.37. The zero-order valence-corrected chi connectivity index (χ0v) is 10.6. The van der Waals surface area contributed by atoms with Crippen molar-refractivity contribution in [1.29, 1.82) is 0 Å². The lowest BCUT2D eigenvalue weighted by atomic mass is 10.2. The van der Waals surface area contributed by atoms with Crippen LogP contribution in [0.3, 0.4) is 0 Å². The molecule has 0 bridgehead atoms. The Morgan fingerprint density at radius 2 is 2.17 bits per heavy atom. The molecule has 92 valence electrons. The van der Waals surface area contributed by atoms with Crippen LogP contribution in [0.25, 0.3) is 0 Å². The zero-order valence-electron chi connectivity index (χ0n) is 9.83. The maximum Gasteiger partial charge on any atom is 0.335 e. The van der Waals surface area contributed by atoms with Crippen LogP contribution in [0.2, 0.25) is 0 Å². The van der Waals surface area contributed by atoms with E-state index in [0.717, 1.165) is 11.3 Å². The highest BCUT2D eigenvalue weighted by Gasteiger charge is 2.06. The third-order valence-corrected chi connectivity index (χ3v) is 3.39. The largest absolute Gasteiger partial charge is 0.478 e. The fourth-order valence-electron chi connectivity index (χ4n) is 1.43. The summed E-state index contributed by atoms with van der Waals surface area (Å²) >= 11 is 1.48. The molecule has 5 heteroatoms. The van der Waals surface area contributed by atoms with E-state index in [0.29, 0.717) is 10.8 Å². The smallest absolute Gasteiger partial charge is 0.335 e. The molecule has 0 saturated heterocycles. The van der Waals surface area contributed by atoms with Crippen LogP contribution in [0.15, 0.2) is 41.7 Å². The lowest BCUT2D eigenvalue weighted by Crippen LogP contribution is -1.97. The van der Waals surface area contributed by atoms with Crippen LogP contribution in [0, 0.1) is 6.92 Å². The van der Waals surface area contributed by atoms with Gasteiger partial charge >= 0.3 is 5.97 Å². The van der Waals surface area contributed by atoms with E-state index in [1.165, 1.54) is 24.0 Å². The van der Waals surface area contributed by atoms with Crippen molar-refractivity contribution in [2.45, 2.75) is 17.7 Å². The van der Waals surface area contributed by atoms with Crippen LogP contribution in [0.4, 0.5) is 0 Å². The summed E-state index contributed by atoms with van der Waals surface area (Å²) in [5, 5.41) is 9.58. The van der Waals surface area contributed by atoms with Gasteiger partial charge in [-0.25, -0.2) is 9.78 Å². The summed E-state index contributed by atoms with van der Waals surface area (Å²) in [5.74, 6) is -0.254. The van der Waals surface area contributed by atoms with Crippen molar-refractivity contribution >= 4 is 17.7 Å². The number of hydrogen-bond donors (Lipinski definition) is 1. The Bertz CT molecular complexity index is 572. The fraction of sp³-hybridized carbons (Fsp3) is 0.154. The van der Waals surface area contributed by atoms with Crippen molar-refractivity contribution in [2.75, 3.05) is 0 Å². The van der Waals surface area contributed by atoms with Gasteiger partial charge in [-0.15, -0.1) is 11.8 Å². The highest BCUT2D eigenvalue weighted by Crippen LogP contribution is 2.21. The molecule has 0 aliphatic heterocycles. The first-order chi connectivity index (χ1) is 8.66. The SMILES string of the molecule is Cc1cccnc1CSc1cc(C(=O)O)ccn1. The highest BCUT2D eigenvalue weighted by molar-refractivity contribution is 7.98. The van der Waals surface area contributed by atoms with Gasteiger partial charge in [0, 0.05) is 18.1 Å². The monoisotopic (exact) mass is 260 g/mol. The summed E-state index contributed by atoms with van der Waals surface area (Å²) in [6.45, 7) is 2.00. The molecule has 0 spiro atoms. The number of nitrogens with zero attached hydrogens (tertiary/aromatic N) is 2. The van der Waals surface area contributed by atoms with Crippen LogP contribution in [-0.2, 0) is 5.75 Å². The van der Waals surface area contributed by atoms with Gasteiger partial charge < -0.3 is 5.11 Å². The van der Waals surface area contributed by atoms with Gasteiger partial charge in [0.15, 0.2) is 0 Å². The molecule has 2 aromatic rings. The quantitative estimate of drug-likeness (QED) is 0.856. The van der Waals surface area contributed by atoms with Crippen molar-refractivity contribution < 1.29 is 9.90 Å². The summed E-state index contributed by atoms with van der Waals surface area (Å²) in [4.78, 5) is 19.3. The Hall–Kier alpha value is -1.88. The Kier molecular flexibility index (Phi) is 3.94. The summed E-state index contributed by atoms with van der Waals surface area (Å²) in [7, 11) is 0. The van der Waals surface area contributed by atoms with Crippen molar-refractivity contribution in [3.8, 4) is 0 Å². The van der Waals surface area contributed by atoms with Crippen molar-refractivity contribution in [3.63, 3.8) is 0 Å². The molecule has 0 aliphatic rings. The average Bonchev–Trinajstić information content (AvgIpc) is 2.38. The van der Waals surface area contributed by atoms with E-state index in [2.05, 4.69) is 9.97 Å². The molecule has 2 aromatic heterocycles. The Balaban J connectivity index is 2.09. The highest BCUT2D eigenvalue weighted by atomic mass is 32.2. The van der Waals surface area contributed by atoms with Gasteiger partial charge in [0.1, 0.15) is 0 Å². The molecular formula is C13H12N2O2S. The Labute approximate surface area is 109 Å². The van der Waals surface area contributed by atoms with Gasteiger partial charge in [-0.2, -0.15) is 0 Å². The number of hydrogen-bond acceptors (Lipinski definition) is 4. The number of aryl methyl sites for hydroxylation is 1. The predicted molar refractivity (Wildman–Crippen MR) is 69.7 cm³/mol. The standard InChI is InChI=1S/C13H12N2O2S/c1-9-3-2-5-14-11(9)8-18-12-7-10(13(16)17)4-6-15-12/h2-7H,8H2,1H3,(H,16,17). The van der Waals surface area contributed by atoms with Crippen LogP contribution in [-0.4, -0.2) is 21.0 Å². The van der Waals surface area contributed by atoms with E-state index in [1.54, 1.807) is 12.3 Å². The molecule has 0 amide bonds. The van der Waals surface area contributed by atoms with E-state index in [9.17, 15) is 4.79 Å². The second kappa shape index (κ2) is 5.64. The van der Waals surface area contributed by atoms with Crippen LogP contribution < -0.4 is 0 Å². The molecule has 0 atom stereocenters. The molecule has 4 nitrogen and oxygen atoms in total. The van der Waals surface area contributed by atoms with Gasteiger partial charge in [0.25, 0.3) is 0 Å². The van der Waals surface area contributed by atoms with Crippen molar-refractivity contribution in [2.24, 2.45) is 0 Å². The van der Waals surface area contributed by atoms with Crippen molar-refractivity contribution in [3.05, 3.63) is 53.5 Å². The minimum absolute atomic E-state index is 0.255. The molecule has 2 rings (SSSR count). The molecule has 0 radical (unpaired) electrons. The molecule has 2 heterocycles. The Morgan fingerprint density at radius 3 is 2.89 bits per heavy atom. The number of rotatable bonds is 4. The van der Waals surface area contributed by atoms with Crippen molar-refractivity contribution in [1.82, 2.24) is 9.97 Å². The number of pyridine rings is 2. The van der Waals surface area contributed by atoms with Gasteiger partial charge in [0.05, 0.1) is 16.3 Å². The molecule has 0 aromatic carbocycles. The molecular weight excluding hydrogens is 248 g/mol. The predicted octanol–water partition coefficient (Wildman–Crippen LogP) is 2.78. The first-order valence-corrected chi connectivity index (χ1v) is 6.38. The van der Waals surface area contributed by atoms with Gasteiger partial charge in [-0.05, 0) is 30.7 Å². The lowest BCUT2D eigenvalue weighted by molar-refractivity contribution is 0.0696. The molecule has 0 fully saturated rings. The van der Waals surface area contributed by atoms with E-state index < -0.39 is 5.97 Å². The van der Waals surface area contributed by atoms with E-state index in [4.69, 9.17) is 5.11 Å². The topological polar surface area (TPSA) is 63.1 Å². The third kappa shape index (κ3) is 3.07. The van der Waals surface area contributed by atoms with E-state index in [-0.39, 0.29) is 5.56 Å². The second-order valence-electron chi connectivity index (χ2n) is 3.74. The van der Waals surface area contributed by atoms with E-state index >= 15 is 0 Å². The summed E-state index contributed by atoms with van der Waals surface area (Å²) in [6.07, 6.45) is 3.26. The summed E-state index contributed by atoms with van der Waals surface area (Å²) in [5.41, 5.74) is 2.37. The maximum absolute atomic E-state index is 10.8.